The average molecular weight is 455 g/mol. The first-order valence-corrected chi connectivity index (χ1v) is 11.0. The molecular weight excluding hydrogens is 435 g/mol. The number of fused-ring (bicyclic) bond motifs is 1. The van der Waals surface area contributed by atoms with Crippen LogP contribution in [-0.2, 0) is 6.54 Å². The predicted octanol–water partition coefficient (Wildman–Crippen LogP) is 5.02. The molecule has 0 bridgehead atoms. The smallest absolute Gasteiger partial charge is 0.315 e. The Morgan fingerprint density at radius 1 is 1.00 bits per heavy atom. The number of aromatic amines is 1. The molecule has 8 heteroatoms. The Hall–Kier alpha value is -2.83. The van der Waals surface area contributed by atoms with Gasteiger partial charge in [-0.1, -0.05) is 72.4 Å². The molecule has 4 aromatic rings. The summed E-state index contributed by atoms with van der Waals surface area (Å²) in [6.07, 6.45) is 4.03. The highest BCUT2D eigenvalue weighted by Crippen LogP contribution is 2.39. The molecule has 0 saturated heterocycles. The topological polar surface area (TPSA) is 72.7 Å². The highest BCUT2D eigenvalue weighted by molar-refractivity contribution is 6.43. The molecule has 0 aliphatic heterocycles. The van der Waals surface area contributed by atoms with E-state index in [9.17, 15) is 9.59 Å². The van der Waals surface area contributed by atoms with Crippen LogP contribution in [0.5, 0.6) is 0 Å². The Morgan fingerprint density at radius 3 is 2.48 bits per heavy atom. The molecule has 2 aromatic heterocycles. The van der Waals surface area contributed by atoms with Crippen molar-refractivity contribution in [3.63, 3.8) is 0 Å². The Balaban J connectivity index is 1.83. The van der Waals surface area contributed by atoms with Crippen molar-refractivity contribution >= 4 is 34.4 Å². The molecule has 0 spiro atoms. The van der Waals surface area contributed by atoms with Crippen molar-refractivity contribution in [3.05, 3.63) is 85.0 Å². The van der Waals surface area contributed by atoms with E-state index in [2.05, 4.69) is 4.98 Å². The third-order valence-corrected chi connectivity index (χ3v) is 6.71. The van der Waals surface area contributed by atoms with Crippen molar-refractivity contribution < 1.29 is 0 Å². The van der Waals surface area contributed by atoms with E-state index in [1.54, 1.807) is 6.07 Å². The second-order valence-electron chi connectivity index (χ2n) is 7.85. The number of aromatic nitrogens is 4. The number of H-pyrrole nitrogens is 1. The quantitative estimate of drug-likeness (QED) is 0.470. The third kappa shape index (κ3) is 3.50. The number of hydrogen-bond acceptors (Lipinski definition) is 3. The number of halogens is 2. The fraction of sp³-hybridized carbons (Fsp3) is 0.261. The summed E-state index contributed by atoms with van der Waals surface area (Å²) < 4.78 is 3.47. The zero-order chi connectivity index (χ0) is 21.5. The zero-order valence-electron chi connectivity index (χ0n) is 16.6. The summed E-state index contributed by atoms with van der Waals surface area (Å²) in [6, 6.07) is 15.1. The number of hydrogen-bond donors (Lipinski definition) is 1. The molecule has 5 rings (SSSR count). The Bertz CT molecular complexity index is 1380. The van der Waals surface area contributed by atoms with Gasteiger partial charge in [-0.3, -0.25) is 14.3 Å². The van der Waals surface area contributed by atoms with Crippen LogP contribution < -0.4 is 11.2 Å². The van der Waals surface area contributed by atoms with E-state index in [0.29, 0.717) is 39.1 Å². The predicted molar refractivity (Wildman–Crippen MR) is 123 cm³/mol. The Kier molecular flexibility index (Phi) is 5.20. The van der Waals surface area contributed by atoms with Crippen LogP contribution in [0.15, 0.2) is 58.1 Å². The summed E-state index contributed by atoms with van der Waals surface area (Å²) >= 11 is 12.8. The normalized spacial score (nSPS) is 14.5. The molecule has 0 unspecified atom stereocenters. The van der Waals surface area contributed by atoms with Gasteiger partial charge in [0.25, 0.3) is 5.56 Å². The highest BCUT2D eigenvalue weighted by Gasteiger charge is 2.28. The molecule has 1 fully saturated rings. The summed E-state index contributed by atoms with van der Waals surface area (Å²) in [4.78, 5) is 33.1. The molecule has 2 aromatic carbocycles. The van der Waals surface area contributed by atoms with Crippen LogP contribution in [0.1, 0.15) is 37.3 Å². The molecule has 1 N–H and O–H groups in total. The number of imidazole rings is 1. The number of benzene rings is 2. The maximum Gasteiger partial charge on any atom is 0.330 e. The standard InChI is InChI=1S/C23H20Cl2N4O2/c24-17-12-6-11-16(18(17)25)20-26-21-19(29(20)15-9-4-5-10-15)22(30)27-23(31)28(21)13-14-7-2-1-3-8-14/h1-3,6-8,11-12,15H,4-5,9-10,13H2,(H,27,30,31). The minimum absolute atomic E-state index is 0.110. The van der Waals surface area contributed by atoms with E-state index in [0.717, 1.165) is 31.2 Å². The first kappa shape index (κ1) is 20.1. The van der Waals surface area contributed by atoms with Crippen LogP contribution in [0.25, 0.3) is 22.6 Å². The van der Waals surface area contributed by atoms with Crippen molar-refractivity contribution in [2.45, 2.75) is 38.3 Å². The lowest BCUT2D eigenvalue weighted by Crippen LogP contribution is -2.31. The van der Waals surface area contributed by atoms with Gasteiger partial charge in [-0.25, -0.2) is 9.78 Å². The molecule has 1 aliphatic rings. The maximum absolute atomic E-state index is 13.0. The van der Waals surface area contributed by atoms with Crippen molar-refractivity contribution in [1.29, 1.82) is 0 Å². The van der Waals surface area contributed by atoms with Crippen molar-refractivity contribution in [2.24, 2.45) is 0 Å². The lowest BCUT2D eigenvalue weighted by molar-refractivity contribution is 0.535. The van der Waals surface area contributed by atoms with Gasteiger partial charge in [-0.05, 0) is 30.5 Å². The number of rotatable bonds is 4. The molecule has 1 aliphatic carbocycles. The monoisotopic (exact) mass is 454 g/mol. The van der Waals surface area contributed by atoms with Crippen LogP contribution in [0.4, 0.5) is 0 Å². The van der Waals surface area contributed by atoms with E-state index in [-0.39, 0.29) is 6.04 Å². The lowest BCUT2D eigenvalue weighted by Gasteiger charge is -2.17. The largest absolute Gasteiger partial charge is 0.330 e. The van der Waals surface area contributed by atoms with Gasteiger partial charge in [0.05, 0.1) is 16.6 Å². The minimum atomic E-state index is -0.485. The molecule has 31 heavy (non-hydrogen) atoms. The molecular formula is C23H20Cl2N4O2. The van der Waals surface area contributed by atoms with Gasteiger partial charge in [-0.15, -0.1) is 0 Å². The summed E-state index contributed by atoms with van der Waals surface area (Å²) in [6.45, 7) is 0.303. The molecule has 1 saturated carbocycles. The average Bonchev–Trinajstić information content (AvgIpc) is 3.42. The first-order chi connectivity index (χ1) is 15.0. The van der Waals surface area contributed by atoms with E-state index in [4.69, 9.17) is 28.2 Å². The number of nitrogens with one attached hydrogen (secondary N) is 1. The SMILES string of the molecule is O=c1[nH]c(=O)n(Cc2ccccc2)c2nc(-c3cccc(Cl)c3Cl)n(C3CCCC3)c12. The maximum atomic E-state index is 13.0. The Morgan fingerprint density at radius 2 is 1.74 bits per heavy atom. The van der Waals surface area contributed by atoms with Gasteiger partial charge in [0.1, 0.15) is 5.82 Å². The van der Waals surface area contributed by atoms with Crippen LogP contribution in [0.2, 0.25) is 10.0 Å². The Labute approximate surface area is 188 Å². The second kappa shape index (κ2) is 8.02. The van der Waals surface area contributed by atoms with Crippen molar-refractivity contribution in [1.82, 2.24) is 19.1 Å². The summed E-state index contributed by atoms with van der Waals surface area (Å²) in [5.74, 6) is 0.562. The van der Waals surface area contributed by atoms with Crippen LogP contribution >= 0.6 is 23.2 Å². The van der Waals surface area contributed by atoms with E-state index >= 15 is 0 Å². The fourth-order valence-corrected chi connectivity index (χ4v) is 4.82. The van der Waals surface area contributed by atoms with Gasteiger partial charge < -0.3 is 4.57 Å². The van der Waals surface area contributed by atoms with E-state index in [1.807, 2.05) is 47.0 Å². The first-order valence-electron chi connectivity index (χ1n) is 10.3. The van der Waals surface area contributed by atoms with Gasteiger partial charge in [-0.2, -0.15) is 0 Å². The van der Waals surface area contributed by atoms with Gasteiger partial charge in [0.15, 0.2) is 11.2 Å². The third-order valence-electron chi connectivity index (χ3n) is 5.89. The minimum Gasteiger partial charge on any atom is -0.315 e. The summed E-state index contributed by atoms with van der Waals surface area (Å²) in [5, 5.41) is 0.798. The molecule has 0 atom stereocenters. The van der Waals surface area contributed by atoms with Gasteiger partial charge in [0, 0.05) is 11.6 Å². The molecule has 158 valence electrons. The highest BCUT2D eigenvalue weighted by atomic mass is 35.5. The summed E-state index contributed by atoms with van der Waals surface area (Å²) in [5.41, 5.74) is 1.42. The van der Waals surface area contributed by atoms with Crippen LogP contribution in [0, 0.1) is 0 Å². The van der Waals surface area contributed by atoms with Gasteiger partial charge >= 0.3 is 5.69 Å². The molecule has 2 heterocycles. The molecule has 6 nitrogen and oxygen atoms in total. The van der Waals surface area contributed by atoms with Crippen LogP contribution in [0.3, 0.4) is 0 Å². The van der Waals surface area contributed by atoms with Crippen LogP contribution in [-0.4, -0.2) is 19.1 Å². The fourth-order valence-electron chi connectivity index (χ4n) is 4.44. The molecule has 0 radical (unpaired) electrons. The van der Waals surface area contributed by atoms with Crippen molar-refractivity contribution in [2.75, 3.05) is 0 Å². The van der Waals surface area contributed by atoms with Gasteiger partial charge in [0.2, 0.25) is 0 Å². The van der Waals surface area contributed by atoms with E-state index < -0.39 is 11.2 Å². The summed E-state index contributed by atoms with van der Waals surface area (Å²) in [7, 11) is 0. The van der Waals surface area contributed by atoms with E-state index in [1.165, 1.54) is 4.57 Å². The zero-order valence-corrected chi connectivity index (χ0v) is 18.2. The number of nitrogens with zero attached hydrogens (tertiary/aromatic N) is 3. The molecule has 0 amide bonds. The van der Waals surface area contributed by atoms with Crippen molar-refractivity contribution in [3.8, 4) is 11.4 Å². The second-order valence-corrected chi connectivity index (χ2v) is 8.63. The lowest BCUT2D eigenvalue weighted by atomic mass is 10.1.